The number of hydrogen-bond acceptors (Lipinski definition) is 4. The van der Waals surface area contributed by atoms with Crippen LogP contribution in [0.2, 0.25) is 0 Å². The second kappa shape index (κ2) is 4.63. The fraction of sp³-hybridized carbons (Fsp3) is 0.500. The lowest BCUT2D eigenvalue weighted by atomic mass is 9.63. The number of carbonyl (C=O) groups excluding carboxylic acids is 3. The topological polar surface area (TPSA) is 79.4 Å². The molecule has 2 atom stereocenters. The molecule has 2 fully saturated rings. The highest BCUT2D eigenvalue weighted by Gasteiger charge is 2.64. The van der Waals surface area contributed by atoms with Crippen LogP contribution in [0.1, 0.15) is 44.0 Å². The summed E-state index contributed by atoms with van der Waals surface area (Å²) < 4.78 is 0. The van der Waals surface area contributed by atoms with Crippen LogP contribution in [-0.2, 0) is 9.59 Å². The van der Waals surface area contributed by atoms with Crippen LogP contribution in [0.15, 0.2) is 24.5 Å². The van der Waals surface area contributed by atoms with Crippen molar-refractivity contribution in [2.45, 2.75) is 33.6 Å². The Morgan fingerprint density at radius 2 is 2.09 bits per heavy atom. The number of hydrogen-bond donors (Lipinski definition) is 1. The Bertz CT molecular complexity index is 656. The van der Waals surface area contributed by atoms with Gasteiger partial charge in [0.05, 0.1) is 11.0 Å². The van der Waals surface area contributed by atoms with Crippen molar-refractivity contribution in [1.82, 2.24) is 15.4 Å². The minimum Gasteiger partial charge on any atom is -0.272 e. The lowest BCUT2D eigenvalue weighted by Crippen LogP contribution is -2.63. The number of imide groups is 1. The fourth-order valence-electron chi connectivity index (χ4n) is 3.59. The minimum atomic E-state index is -0.631. The molecule has 1 aliphatic carbocycles. The molecule has 1 saturated heterocycles. The van der Waals surface area contributed by atoms with E-state index >= 15 is 0 Å². The molecule has 1 N–H and O–H groups in total. The van der Waals surface area contributed by atoms with Gasteiger partial charge in [-0.15, -0.1) is 0 Å². The molecule has 22 heavy (non-hydrogen) atoms. The summed E-state index contributed by atoms with van der Waals surface area (Å²) in [7, 11) is 0. The Morgan fingerprint density at radius 3 is 2.73 bits per heavy atom. The zero-order valence-corrected chi connectivity index (χ0v) is 12.9. The number of piperidine rings is 1. The number of pyridine rings is 1. The van der Waals surface area contributed by atoms with E-state index in [-0.39, 0.29) is 17.7 Å². The highest BCUT2D eigenvalue weighted by molar-refractivity contribution is 6.06. The van der Waals surface area contributed by atoms with E-state index in [2.05, 4.69) is 10.4 Å². The summed E-state index contributed by atoms with van der Waals surface area (Å²) in [6, 6.07) is 3.21. The molecular weight excluding hydrogens is 282 g/mol. The summed E-state index contributed by atoms with van der Waals surface area (Å²) in [6.45, 7) is 5.80. The van der Waals surface area contributed by atoms with Crippen molar-refractivity contribution >= 4 is 17.7 Å². The summed E-state index contributed by atoms with van der Waals surface area (Å²) in [5.41, 5.74) is 1.74. The van der Waals surface area contributed by atoms with Crippen molar-refractivity contribution in [2.24, 2.45) is 16.7 Å². The molecule has 0 radical (unpaired) electrons. The van der Waals surface area contributed by atoms with Gasteiger partial charge in [-0.05, 0) is 30.4 Å². The molecule has 0 unspecified atom stereocenters. The summed E-state index contributed by atoms with van der Waals surface area (Å²) in [5, 5.41) is 0.915. The van der Waals surface area contributed by atoms with Crippen molar-refractivity contribution in [2.75, 3.05) is 0 Å². The van der Waals surface area contributed by atoms with E-state index in [1.165, 1.54) is 6.20 Å². The van der Waals surface area contributed by atoms with E-state index < -0.39 is 16.7 Å². The normalized spacial score (nSPS) is 29.6. The summed E-state index contributed by atoms with van der Waals surface area (Å²) >= 11 is 0. The number of amides is 3. The van der Waals surface area contributed by atoms with Gasteiger partial charge in [-0.1, -0.05) is 20.8 Å². The van der Waals surface area contributed by atoms with Gasteiger partial charge >= 0.3 is 0 Å². The summed E-state index contributed by atoms with van der Waals surface area (Å²) in [5.74, 6) is -1.39. The average Bonchev–Trinajstić information content (AvgIpc) is 2.69. The maximum Gasteiger partial charge on any atom is 0.271 e. The van der Waals surface area contributed by atoms with Crippen molar-refractivity contribution < 1.29 is 14.4 Å². The van der Waals surface area contributed by atoms with Gasteiger partial charge in [0, 0.05) is 18.3 Å². The minimum absolute atomic E-state index is 0.246. The quantitative estimate of drug-likeness (QED) is 0.840. The number of rotatable bonds is 2. The molecule has 2 bridgehead atoms. The number of nitrogens with one attached hydrogen (secondary N) is 1. The van der Waals surface area contributed by atoms with Gasteiger partial charge in [0.1, 0.15) is 0 Å². The highest BCUT2D eigenvalue weighted by atomic mass is 16.2. The first-order chi connectivity index (χ1) is 10.3. The molecule has 3 amide bonds. The number of aromatic nitrogens is 1. The monoisotopic (exact) mass is 301 g/mol. The SMILES string of the molecule is CC1(C)[C@@H]2CC[C@@]1(C)C(=O)N(NC(=O)c1cccnc1)C2=O. The average molecular weight is 301 g/mol. The van der Waals surface area contributed by atoms with Crippen LogP contribution in [0.5, 0.6) is 0 Å². The van der Waals surface area contributed by atoms with Gasteiger partial charge in [-0.2, -0.15) is 5.01 Å². The third-order valence-corrected chi connectivity index (χ3v) is 5.56. The molecular formula is C16H19N3O3. The third kappa shape index (κ3) is 1.79. The molecule has 1 saturated carbocycles. The van der Waals surface area contributed by atoms with Gasteiger partial charge in [-0.3, -0.25) is 24.8 Å². The molecule has 3 rings (SSSR count). The van der Waals surface area contributed by atoms with Crippen molar-refractivity contribution in [1.29, 1.82) is 0 Å². The predicted molar refractivity (Wildman–Crippen MR) is 78.2 cm³/mol. The van der Waals surface area contributed by atoms with E-state index in [0.717, 1.165) is 5.01 Å². The van der Waals surface area contributed by atoms with Crippen LogP contribution in [0.25, 0.3) is 0 Å². The van der Waals surface area contributed by atoms with Gasteiger partial charge in [0.15, 0.2) is 0 Å². The maximum atomic E-state index is 12.8. The molecule has 6 heteroatoms. The standard InChI is InChI=1S/C16H19N3O3/c1-15(2)11-6-7-16(15,3)14(22)19(13(11)21)18-12(20)10-5-4-8-17-9-10/h4-5,8-9,11H,6-7H2,1-3H3,(H,18,20)/t11-,16+/m1/s1. The van der Waals surface area contributed by atoms with Crippen LogP contribution >= 0.6 is 0 Å². The lowest BCUT2D eigenvalue weighted by molar-refractivity contribution is -0.171. The first kappa shape index (κ1) is 14.7. The first-order valence-electron chi connectivity index (χ1n) is 7.38. The third-order valence-electron chi connectivity index (χ3n) is 5.56. The number of fused-ring (bicyclic) bond motifs is 2. The number of carbonyl (C=O) groups is 3. The lowest BCUT2D eigenvalue weighted by Gasteiger charge is -2.47. The van der Waals surface area contributed by atoms with Gasteiger partial charge in [0.2, 0.25) is 0 Å². The Labute approximate surface area is 128 Å². The van der Waals surface area contributed by atoms with Crippen LogP contribution < -0.4 is 5.43 Å². The summed E-state index contributed by atoms with van der Waals surface area (Å²) in [4.78, 5) is 41.4. The van der Waals surface area contributed by atoms with E-state index in [0.29, 0.717) is 18.4 Å². The zero-order chi connectivity index (χ0) is 16.1. The number of hydrazine groups is 1. The molecule has 2 heterocycles. The Balaban J connectivity index is 1.89. The Kier molecular flexibility index (Phi) is 3.09. The second-order valence-corrected chi connectivity index (χ2v) is 6.81. The van der Waals surface area contributed by atoms with E-state index in [1.54, 1.807) is 18.3 Å². The van der Waals surface area contributed by atoms with Gasteiger partial charge in [0.25, 0.3) is 17.7 Å². The molecule has 0 spiro atoms. The maximum absolute atomic E-state index is 12.8. The van der Waals surface area contributed by atoms with E-state index in [9.17, 15) is 14.4 Å². The smallest absolute Gasteiger partial charge is 0.271 e. The van der Waals surface area contributed by atoms with Gasteiger partial charge in [-0.25, -0.2) is 0 Å². The molecule has 1 aromatic heterocycles. The summed E-state index contributed by atoms with van der Waals surface area (Å²) in [6.07, 6.45) is 4.29. The molecule has 6 nitrogen and oxygen atoms in total. The van der Waals surface area contributed by atoms with E-state index in [4.69, 9.17) is 0 Å². The van der Waals surface area contributed by atoms with E-state index in [1.807, 2.05) is 20.8 Å². The van der Waals surface area contributed by atoms with Crippen molar-refractivity contribution in [3.8, 4) is 0 Å². The molecule has 116 valence electrons. The highest BCUT2D eigenvalue weighted by Crippen LogP contribution is 2.59. The van der Waals surface area contributed by atoms with Crippen LogP contribution in [0, 0.1) is 16.7 Å². The largest absolute Gasteiger partial charge is 0.272 e. The molecule has 1 aromatic rings. The van der Waals surface area contributed by atoms with Crippen molar-refractivity contribution in [3.63, 3.8) is 0 Å². The number of nitrogens with zero attached hydrogens (tertiary/aromatic N) is 2. The predicted octanol–water partition coefficient (Wildman–Crippen LogP) is 1.54. The second-order valence-electron chi connectivity index (χ2n) is 6.81. The Morgan fingerprint density at radius 1 is 1.36 bits per heavy atom. The molecule has 0 aromatic carbocycles. The molecule has 1 aliphatic heterocycles. The van der Waals surface area contributed by atoms with Gasteiger partial charge < -0.3 is 0 Å². The van der Waals surface area contributed by atoms with Crippen LogP contribution in [-0.4, -0.2) is 27.7 Å². The van der Waals surface area contributed by atoms with Crippen molar-refractivity contribution in [3.05, 3.63) is 30.1 Å². The van der Waals surface area contributed by atoms with Crippen LogP contribution in [0.3, 0.4) is 0 Å². The first-order valence-corrected chi connectivity index (χ1v) is 7.38. The molecule has 2 aliphatic rings. The van der Waals surface area contributed by atoms with Crippen LogP contribution in [0.4, 0.5) is 0 Å². The Hall–Kier alpha value is -2.24. The zero-order valence-electron chi connectivity index (χ0n) is 12.9. The fourth-order valence-corrected chi connectivity index (χ4v) is 3.59.